The van der Waals surface area contributed by atoms with Gasteiger partial charge in [0.2, 0.25) is 0 Å². The first-order valence-corrected chi connectivity index (χ1v) is 7.66. The molecule has 0 aliphatic heterocycles. The largest absolute Gasteiger partial charge is 0.316 e. The van der Waals surface area contributed by atoms with Crippen LogP contribution in [0.3, 0.4) is 0 Å². The summed E-state index contributed by atoms with van der Waals surface area (Å²) in [5, 5.41) is 3.48. The van der Waals surface area contributed by atoms with Gasteiger partial charge in [-0.2, -0.15) is 0 Å². The molecule has 1 aromatic rings. The van der Waals surface area contributed by atoms with E-state index in [4.69, 9.17) is 0 Å². The van der Waals surface area contributed by atoms with Gasteiger partial charge in [-0.3, -0.25) is 0 Å². The standard InChI is InChI=1S/C13H22BrNS/c1-10(2)9-15-7-5-4-6-12-8-13(14)16-11(12)3/h8,10,15H,4-7,9H2,1-3H3. The molecule has 0 unspecified atom stereocenters. The Bertz CT molecular complexity index is 307. The van der Waals surface area contributed by atoms with Crippen molar-refractivity contribution in [2.75, 3.05) is 13.1 Å². The molecule has 0 bridgehead atoms. The van der Waals surface area contributed by atoms with Gasteiger partial charge in [-0.15, -0.1) is 11.3 Å². The Labute approximate surface area is 112 Å². The fourth-order valence-electron chi connectivity index (χ4n) is 1.68. The highest BCUT2D eigenvalue weighted by Crippen LogP contribution is 2.27. The van der Waals surface area contributed by atoms with Crippen molar-refractivity contribution in [2.45, 2.75) is 40.0 Å². The molecule has 0 amide bonds. The van der Waals surface area contributed by atoms with Crippen molar-refractivity contribution >= 4 is 27.3 Å². The normalized spacial score (nSPS) is 11.3. The molecule has 1 N–H and O–H groups in total. The van der Waals surface area contributed by atoms with Crippen LogP contribution in [0.25, 0.3) is 0 Å². The summed E-state index contributed by atoms with van der Waals surface area (Å²) in [4.78, 5) is 1.46. The number of rotatable bonds is 7. The molecular weight excluding hydrogens is 282 g/mol. The van der Waals surface area contributed by atoms with Gasteiger partial charge in [-0.25, -0.2) is 0 Å². The van der Waals surface area contributed by atoms with Crippen molar-refractivity contribution in [3.05, 3.63) is 20.3 Å². The molecule has 0 saturated carbocycles. The number of hydrogen-bond donors (Lipinski definition) is 1. The zero-order chi connectivity index (χ0) is 12.0. The van der Waals surface area contributed by atoms with Crippen molar-refractivity contribution in [2.24, 2.45) is 5.92 Å². The number of unbranched alkanes of at least 4 members (excludes halogenated alkanes) is 1. The second-order valence-electron chi connectivity index (χ2n) is 4.69. The summed E-state index contributed by atoms with van der Waals surface area (Å²) in [6, 6.07) is 2.27. The molecular formula is C13H22BrNS. The van der Waals surface area contributed by atoms with E-state index in [2.05, 4.69) is 48.1 Å². The van der Waals surface area contributed by atoms with Gasteiger partial charge in [0.15, 0.2) is 0 Å². The lowest BCUT2D eigenvalue weighted by Crippen LogP contribution is -2.20. The van der Waals surface area contributed by atoms with Crippen molar-refractivity contribution < 1.29 is 0 Å². The first-order valence-electron chi connectivity index (χ1n) is 6.05. The van der Waals surface area contributed by atoms with Gasteiger partial charge >= 0.3 is 0 Å². The fourth-order valence-corrected chi connectivity index (χ4v) is 3.47. The van der Waals surface area contributed by atoms with Crippen LogP contribution < -0.4 is 5.32 Å². The molecule has 16 heavy (non-hydrogen) atoms. The van der Waals surface area contributed by atoms with Gasteiger partial charge in [0.25, 0.3) is 0 Å². The fraction of sp³-hybridized carbons (Fsp3) is 0.692. The van der Waals surface area contributed by atoms with Crippen LogP contribution in [0.15, 0.2) is 9.85 Å². The Morgan fingerprint density at radius 2 is 2.12 bits per heavy atom. The summed E-state index contributed by atoms with van der Waals surface area (Å²) in [6.45, 7) is 9.01. The molecule has 0 aliphatic rings. The van der Waals surface area contributed by atoms with E-state index in [0.717, 1.165) is 19.0 Å². The second-order valence-corrected chi connectivity index (χ2v) is 7.32. The van der Waals surface area contributed by atoms with Crippen LogP contribution in [0.1, 0.15) is 37.1 Å². The second kappa shape index (κ2) is 7.46. The summed E-state index contributed by atoms with van der Waals surface area (Å²) in [5.74, 6) is 0.759. The zero-order valence-electron chi connectivity index (χ0n) is 10.5. The van der Waals surface area contributed by atoms with Crippen LogP contribution in [0.5, 0.6) is 0 Å². The van der Waals surface area contributed by atoms with E-state index in [9.17, 15) is 0 Å². The van der Waals surface area contributed by atoms with Crippen molar-refractivity contribution in [1.82, 2.24) is 5.32 Å². The van der Waals surface area contributed by atoms with Gasteiger partial charge in [0.1, 0.15) is 0 Å². The van der Waals surface area contributed by atoms with Gasteiger partial charge in [-0.1, -0.05) is 13.8 Å². The van der Waals surface area contributed by atoms with Crippen LogP contribution in [0.2, 0.25) is 0 Å². The third-order valence-corrected chi connectivity index (χ3v) is 4.19. The highest BCUT2D eigenvalue weighted by Gasteiger charge is 2.02. The first kappa shape index (κ1) is 14.2. The summed E-state index contributed by atoms with van der Waals surface area (Å²) in [6.07, 6.45) is 3.78. The molecule has 1 aromatic heterocycles. The smallest absolute Gasteiger partial charge is 0.0704 e. The van der Waals surface area contributed by atoms with Crippen molar-refractivity contribution in [3.63, 3.8) is 0 Å². The number of hydrogen-bond acceptors (Lipinski definition) is 2. The van der Waals surface area contributed by atoms with Gasteiger partial charge in [0.05, 0.1) is 3.79 Å². The van der Waals surface area contributed by atoms with E-state index >= 15 is 0 Å². The van der Waals surface area contributed by atoms with E-state index in [1.54, 1.807) is 0 Å². The molecule has 1 rings (SSSR count). The molecule has 0 fully saturated rings. The number of halogens is 1. The maximum Gasteiger partial charge on any atom is 0.0704 e. The molecule has 0 atom stereocenters. The third-order valence-electron chi connectivity index (χ3n) is 2.59. The van der Waals surface area contributed by atoms with Crippen LogP contribution in [0.4, 0.5) is 0 Å². The monoisotopic (exact) mass is 303 g/mol. The molecule has 3 heteroatoms. The highest BCUT2D eigenvalue weighted by atomic mass is 79.9. The minimum Gasteiger partial charge on any atom is -0.316 e. The molecule has 1 nitrogen and oxygen atoms in total. The van der Waals surface area contributed by atoms with Crippen LogP contribution in [-0.4, -0.2) is 13.1 Å². The Morgan fingerprint density at radius 3 is 2.69 bits per heavy atom. The number of aryl methyl sites for hydroxylation is 2. The van der Waals surface area contributed by atoms with E-state index in [1.807, 2.05) is 11.3 Å². The first-order chi connectivity index (χ1) is 7.59. The lowest BCUT2D eigenvalue weighted by atomic mass is 10.1. The molecule has 1 heterocycles. The van der Waals surface area contributed by atoms with Gasteiger partial charge in [0, 0.05) is 4.88 Å². The lowest BCUT2D eigenvalue weighted by molar-refractivity contribution is 0.535. The third kappa shape index (κ3) is 5.46. The zero-order valence-corrected chi connectivity index (χ0v) is 12.9. The average molecular weight is 304 g/mol. The van der Waals surface area contributed by atoms with Crippen LogP contribution >= 0.6 is 27.3 Å². The van der Waals surface area contributed by atoms with Crippen LogP contribution in [0, 0.1) is 12.8 Å². The van der Waals surface area contributed by atoms with E-state index in [-0.39, 0.29) is 0 Å². The van der Waals surface area contributed by atoms with Gasteiger partial charge in [-0.05, 0) is 72.8 Å². The summed E-state index contributed by atoms with van der Waals surface area (Å²) >= 11 is 5.38. The minimum atomic E-state index is 0.759. The summed E-state index contributed by atoms with van der Waals surface area (Å²) in [5.41, 5.74) is 1.51. The predicted molar refractivity (Wildman–Crippen MR) is 77.4 cm³/mol. The SMILES string of the molecule is Cc1sc(Br)cc1CCCCNCC(C)C. The summed E-state index contributed by atoms with van der Waals surface area (Å²) < 4.78 is 1.26. The Balaban J connectivity index is 2.09. The van der Waals surface area contributed by atoms with Crippen molar-refractivity contribution in [1.29, 1.82) is 0 Å². The molecule has 0 spiro atoms. The van der Waals surface area contributed by atoms with Crippen molar-refractivity contribution in [3.8, 4) is 0 Å². The van der Waals surface area contributed by atoms with Gasteiger partial charge < -0.3 is 5.32 Å². The van der Waals surface area contributed by atoms with E-state index in [1.165, 1.54) is 33.5 Å². The molecule has 0 saturated heterocycles. The van der Waals surface area contributed by atoms with E-state index < -0.39 is 0 Å². The molecule has 0 aromatic carbocycles. The maximum absolute atomic E-state index is 3.54. The van der Waals surface area contributed by atoms with E-state index in [0.29, 0.717) is 0 Å². The Kier molecular flexibility index (Phi) is 6.62. The predicted octanol–water partition coefficient (Wildman–Crippen LogP) is 4.39. The molecule has 0 radical (unpaired) electrons. The molecule has 92 valence electrons. The number of thiophene rings is 1. The molecule has 0 aliphatic carbocycles. The van der Waals surface area contributed by atoms with Crippen LogP contribution in [-0.2, 0) is 6.42 Å². The Morgan fingerprint density at radius 1 is 1.38 bits per heavy atom. The summed E-state index contributed by atoms with van der Waals surface area (Å²) in [7, 11) is 0. The topological polar surface area (TPSA) is 12.0 Å². The quantitative estimate of drug-likeness (QED) is 0.737. The average Bonchev–Trinajstić information content (AvgIpc) is 2.50. The number of nitrogens with one attached hydrogen (secondary N) is 1. The minimum absolute atomic E-state index is 0.759. The maximum atomic E-state index is 3.54. The highest BCUT2D eigenvalue weighted by molar-refractivity contribution is 9.11. The Hall–Kier alpha value is 0.140. The lowest BCUT2D eigenvalue weighted by Gasteiger charge is -2.06.